The van der Waals surface area contributed by atoms with Crippen LogP contribution in [-0.2, 0) is 9.22 Å². The second-order valence-corrected chi connectivity index (χ2v) is 11.2. The topological polar surface area (TPSA) is 35.5 Å². The van der Waals surface area contributed by atoms with Crippen molar-refractivity contribution in [2.75, 3.05) is 6.61 Å². The first kappa shape index (κ1) is 17.6. The van der Waals surface area contributed by atoms with E-state index in [1.165, 1.54) is 30.3 Å². The van der Waals surface area contributed by atoms with Gasteiger partial charge in [0.25, 0.3) is 0 Å². The summed E-state index contributed by atoms with van der Waals surface area (Å²) in [5, 5.41) is 0.134. The largest absolute Gasteiger partial charge is 0.423 e. The second kappa shape index (κ2) is 7.00. The average molecular weight is 310 g/mol. The quantitative estimate of drug-likeness (QED) is 0.352. The van der Waals surface area contributed by atoms with Crippen LogP contribution in [0.4, 0.5) is 4.39 Å². The fourth-order valence-corrected chi connectivity index (χ4v) is 2.22. The summed E-state index contributed by atoms with van der Waals surface area (Å²) >= 11 is 0. The van der Waals surface area contributed by atoms with Crippen LogP contribution in [0.3, 0.4) is 0 Å². The van der Waals surface area contributed by atoms with Crippen LogP contribution in [0.5, 0.6) is 5.75 Å². The Hall–Kier alpha value is -1.46. The van der Waals surface area contributed by atoms with Crippen LogP contribution >= 0.6 is 0 Å². The monoisotopic (exact) mass is 310 g/mol. The number of hydrogen-bond acceptors (Lipinski definition) is 3. The summed E-state index contributed by atoms with van der Waals surface area (Å²) in [7, 11) is -1.80. The lowest BCUT2D eigenvalue weighted by Gasteiger charge is -2.35. The minimum atomic E-state index is -1.80. The number of halogens is 1. The molecule has 0 saturated carbocycles. The third-order valence-electron chi connectivity index (χ3n) is 3.63. The lowest BCUT2D eigenvalue weighted by Crippen LogP contribution is -2.40. The summed E-state index contributed by atoms with van der Waals surface area (Å²) < 4.78 is 23.7. The van der Waals surface area contributed by atoms with Crippen molar-refractivity contribution in [1.82, 2.24) is 0 Å². The predicted octanol–water partition coefficient (Wildman–Crippen LogP) is 4.31. The Bertz CT molecular complexity index is 501. The first-order valence-electron chi connectivity index (χ1n) is 6.90. The zero-order chi connectivity index (χ0) is 16.1. The maximum Gasteiger partial charge on any atom is 0.335 e. The van der Waals surface area contributed by atoms with E-state index in [2.05, 4.69) is 33.9 Å². The Morgan fingerprint density at radius 3 is 2.33 bits per heavy atom. The van der Waals surface area contributed by atoms with Crippen molar-refractivity contribution in [3.8, 4) is 5.75 Å². The fourth-order valence-electron chi connectivity index (χ4n) is 1.27. The van der Waals surface area contributed by atoms with Gasteiger partial charge in [-0.15, -0.1) is 0 Å². The van der Waals surface area contributed by atoms with Crippen molar-refractivity contribution in [3.63, 3.8) is 0 Å². The molecule has 0 spiro atoms. The lowest BCUT2D eigenvalue weighted by atomic mass is 10.2. The lowest BCUT2D eigenvalue weighted by molar-refractivity contribution is -0.129. The van der Waals surface area contributed by atoms with Crippen LogP contribution in [0.2, 0.25) is 18.1 Å². The van der Waals surface area contributed by atoms with E-state index in [0.29, 0.717) is 12.4 Å². The third kappa shape index (κ3) is 5.81. The van der Waals surface area contributed by atoms with E-state index in [1.54, 1.807) is 6.08 Å². The first-order chi connectivity index (χ1) is 9.62. The molecule has 0 heterocycles. The molecule has 0 unspecified atom stereocenters. The first-order valence-corrected chi connectivity index (χ1v) is 9.80. The van der Waals surface area contributed by atoms with Crippen LogP contribution in [0.25, 0.3) is 0 Å². The molecule has 0 aromatic heterocycles. The van der Waals surface area contributed by atoms with Gasteiger partial charge in [-0.1, -0.05) is 26.8 Å². The smallest absolute Gasteiger partial charge is 0.335 e. The van der Waals surface area contributed by atoms with Gasteiger partial charge in [-0.25, -0.2) is 9.18 Å². The Morgan fingerprint density at radius 2 is 1.81 bits per heavy atom. The van der Waals surface area contributed by atoms with Gasteiger partial charge in [0.1, 0.15) is 11.6 Å². The highest BCUT2D eigenvalue weighted by molar-refractivity contribution is 6.74. The van der Waals surface area contributed by atoms with E-state index in [0.717, 1.165) is 0 Å². The number of hydrogen-bond donors (Lipinski definition) is 0. The minimum Gasteiger partial charge on any atom is -0.423 e. The van der Waals surface area contributed by atoms with Crippen LogP contribution < -0.4 is 4.74 Å². The van der Waals surface area contributed by atoms with Gasteiger partial charge in [0, 0.05) is 6.08 Å². The predicted molar refractivity (Wildman–Crippen MR) is 84.3 cm³/mol. The van der Waals surface area contributed by atoms with Gasteiger partial charge in [-0.3, -0.25) is 0 Å². The molecular weight excluding hydrogens is 287 g/mol. The number of ether oxygens (including phenoxy) is 1. The maximum absolute atomic E-state index is 12.7. The molecule has 21 heavy (non-hydrogen) atoms. The molecule has 5 heteroatoms. The zero-order valence-corrected chi connectivity index (χ0v) is 14.3. The molecule has 0 saturated heterocycles. The van der Waals surface area contributed by atoms with Gasteiger partial charge in [0.15, 0.2) is 8.32 Å². The molecule has 1 aromatic rings. The third-order valence-corrected chi connectivity index (χ3v) is 8.13. The molecular formula is C16H23FO3Si. The van der Waals surface area contributed by atoms with E-state index in [1.807, 2.05) is 0 Å². The Morgan fingerprint density at radius 1 is 1.24 bits per heavy atom. The van der Waals surface area contributed by atoms with Crippen molar-refractivity contribution in [2.45, 2.75) is 38.9 Å². The summed E-state index contributed by atoms with van der Waals surface area (Å²) in [6.07, 6.45) is 2.98. The zero-order valence-electron chi connectivity index (χ0n) is 13.3. The van der Waals surface area contributed by atoms with E-state index in [4.69, 9.17) is 9.16 Å². The molecule has 0 aliphatic rings. The molecule has 0 radical (unpaired) electrons. The van der Waals surface area contributed by atoms with E-state index in [9.17, 15) is 9.18 Å². The second-order valence-electron chi connectivity index (χ2n) is 6.35. The molecule has 3 nitrogen and oxygen atoms in total. The van der Waals surface area contributed by atoms with Crippen LogP contribution in [0.15, 0.2) is 36.4 Å². The van der Waals surface area contributed by atoms with Crippen molar-refractivity contribution in [2.24, 2.45) is 0 Å². The average Bonchev–Trinajstić information content (AvgIpc) is 2.36. The van der Waals surface area contributed by atoms with E-state index in [-0.39, 0.29) is 10.9 Å². The maximum atomic E-state index is 12.7. The van der Waals surface area contributed by atoms with Crippen molar-refractivity contribution >= 4 is 14.3 Å². The van der Waals surface area contributed by atoms with Crippen molar-refractivity contribution in [3.05, 3.63) is 42.2 Å². The number of rotatable bonds is 5. The summed E-state index contributed by atoms with van der Waals surface area (Å²) in [5.41, 5.74) is 0. The van der Waals surface area contributed by atoms with Crippen LogP contribution in [0.1, 0.15) is 20.8 Å². The SMILES string of the molecule is CC(C)(C)[Si](C)(C)OC/C=C/C(=O)Oc1ccc(F)cc1. The highest BCUT2D eigenvalue weighted by atomic mass is 28.4. The van der Waals surface area contributed by atoms with Gasteiger partial charge in [-0.05, 0) is 42.4 Å². The highest BCUT2D eigenvalue weighted by Crippen LogP contribution is 2.36. The summed E-state index contributed by atoms with van der Waals surface area (Å²) in [5.74, 6) is -0.551. The fraction of sp³-hybridized carbons (Fsp3) is 0.438. The molecule has 116 valence electrons. The normalized spacial score (nSPS) is 12.7. The molecule has 1 rings (SSSR count). The molecule has 0 N–H and O–H groups in total. The Kier molecular flexibility index (Phi) is 5.86. The van der Waals surface area contributed by atoms with E-state index < -0.39 is 14.3 Å². The number of benzene rings is 1. The molecule has 0 bridgehead atoms. The molecule has 1 aromatic carbocycles. The minimum absolute atomic E-state index is 0.134. The van der Waals surface area contributed by atoms with Gasteiger partial charge in [0.05, 0.1) is 6.61 Å². The molecule has 0 amide bonds. The summed E-state index contributed by atoms with van der Waals surface area (Å²) in [4.78, 5) is 11.6. The molecule has 0 fully saturated rings. The van der Waals surface area contributed by atoms with Crippen molar-refractivity contribution < 1.29 is 18.3 Å². The Labute approximate surface area is 126 Å². The van der Waals surface area contributed by atoms with E-state index >= 15 is 0 Å². The molecule has 0 atom stereocenters. The summed E-state index contributed by atoms with van der Waals surface area (Å²) in [6, 6.07) is 5.31. The standard InChI is InChI=1S/C16H23FO3Si/c1-16(2,3)21(4,5)19-12-6-7-15(18)20-14-10-8-13(17)9-11-14/h6-11H,12H2,1-5H3/b7-6+. The number of carbonyl (C=O) groups is 1. The van der Waals surface area contributed by atoms with Gasteiger partial charge in [-0.2, -0.15) is 0 Å². The summed E-state index contributed by atoms with van der Waals surface area (Å²) in [6.45, 7) is 11.2. The number of esters is 1. The van der Waals surface area contributed by atoms with Gasteiger partial charge >= 0.3 is 5.97 Å². The highest BCUT2D eigenvalue weighted by Gasteiger charge is 2.36. The van der Waals surface area contributed by atoms with Crippen LogP contribution in [-0.4, -0.2) is 20.9 Å². The van der Waals surface area contributed by atoms with Crippen molar-refractivity contribution in [1.29, 1.82) is 0 Å². The number of carbonyl (C=O) groups excluding carboxylic acids is 1. The Balaban J connectivity index is 2.43. The molecule has 0 aliphatic carbocycles. The van der Waals surface area contributed by atoms with Gasteiger partial charge in [0.2, 0.25) is 0 Å². The van der Waals surface area contributed by atoms with Gasteiger partial charge < -0.3 is 9.16 Å². The molecule has 0 aliphatic heterocycles. The van der Waals surface area contributed by atoms with Crippen LogP contribution in [0, 0.1) is 5.82 Å².